The predicted octanol–water partition coefficient (Wildman–Crippen LogP) is 4.51. The lowest BCUT2D eigenvalue weighted by atomic mass is 10.1. The van der Waals surface area contributed by atoms with Gasteiger partial charge in [0.1, 0.15) is 0 Å². The number of quaternary nitrogens is 1. The van der Waals surface area contributed by atoms with Crippen molar-refractivity contribution in [1.82, 2.24) is 0 Å². The van der Waals surface area contributed by atoms with Crippen LogP contribution in [0.25, 0.3) is 0 Å². The van der Waals surface area contributed by atoms with Crippen molar-refractivity contribution < 1.29 is 17.5 Å². The molecule has 0 aromatic carbocycles. The first-order chi connectivity index (χ1) is 10.3. The highest BCUT2D eigenvalue weighted by atomic mass is 32.2. The van der Waals surface area contributed by atoms with Crippen LogP contribution in [-0.4, -0.2) is 49.4 Å². The Morgan fingerprint density at radius 2 is 1.18 bits per heavy atom. The Balaban J connectivity index is 0. The second-order valence-electron chi connectivity index (χ2n) is 6.07. The van der Waals surface area contributed by atoms with E-state index in [2.05, 4.69) is 27.7 Å². The summed E-state index contributed by atoms with van der Waals surface area (Å²) < 4.78 is 28.9. The monoisotopic (exact) mass is 338 g/mol. The second kappa shape index (κ2) is 14.5. The Bertz CT molecular complexity index is 317. The van der Waals surface area contributed by atoms with Gasteiger partial charge in [0.05, 0.1) is 31.9 Å². The van der Waals surface area contributed by atoms with Crippen LogP contribution in [0.3, 0.4) is 0 Å². The Kier molecular flexibility index (Phi) is 15.9. The third kappa shape index (κ3) is 14.8. The largest absolute Gasteiger partial charge is 0.324 e. The minimum absolute atomic E-state index is 0.132. The zero-order chi connectivity index (χ0) is 17.5. The molecule has 0 aromatic heterocycles. The maximum Gasteiger partial charge on any atom is 0.264 e. The van der Waals surface area contributed by atoms with E-state index in [1.165, 1.54) is 69.2 Å². The van der Waals surface area contributed by atoms with Crippen LogP contribution in [0.2, 0.25) is 0 Å². The molecule has 0 heterocycles. The smallest absolute Gasteiger partial charge is 0.264 e. The first kappa shape index (κ1) is 24.1. The zero-order valence-electron chi connectivity index (χ0n) is 15.6. The molecule has 0 fully saturated rings. The molecule has 0 bridgehead atoms. The fourth-order valence-electron chi connectivity index (χ4n) is 2.63. The molecular formula is C17H40NO3S+. The highest BCUT2D eigenvalue weighted by Gasteiger charge is 2.19. The van der Waals surface area contributed by atoms with E-state index in [0.29, 0.717) is 6.42 Å². The SMILES string of the molecule is CCCCCCCC[N+](CC)(CC)CC.CCCS(=O)(=O)O. The van der Waals surface area contributed by atoms with Crippen molar-refractivity contribution in [2.75, 3.05) is 31.9 Å². The van der Waals surface area contributed by atoms with Crippen molar-refractivity contribution in [2.45, 2.75) is 79.6 Å². The van der Waals surface area contributed by atoms with Gasteiger partial charge >= 0.3 is 0 Å². The van der Waals surface area contributed by atoms with Gasteiger partial charge in [-0.3, -0.25) is 4.55 Å². The van der Waals surface area contributed by atoms with E-state index >= 15 is 0 Å². The van der Waals surface area contributed by atoms with Crippen LogP contribution < -0.4 is 0 Å². The van der Waals surface area contributed by atoms with Crippen molar-refractivity contribution in [3.8, 4) is 0 Å². The first-order valence-electron chi connectivity index (χ1n) is 9.11. The van der Waals surface area contributed by atoms with Crippen molar-refractivity contribution in [1.29, 1.82) is 0 Å². The fourth-order valence-corrected chi connectivity index (χ4v) is 3.15. The fraction of sp³-hybridized carbons (Fsp3) is 1.00. The number of nitrogens with zero attached hydrogens (tertiary/aromatic N) is 1. The summed E-state index contributed by atoms with van der Waals surface area (Å²) in [5.41, 5.74) is 0. The van der Waals surface area contributed by atoms with Crippen molar-refractivity contribution in [3.63, 3.8) is 0 Å². The summed E-state index contributed by atoms with van der Waals surface area (Å²) in [5, 5.41) is 0. The van der Waals surface area contributed by atoms with Crippen LogP contribution in [0.4, 0.5) is 0 Å². The molecule has 5 heteroatoms. The van der Waals surface area contributed by atoms with Crippen LogP contribution in [0.15, 0.2) is 0 Å². The Morgan fingerprint density at radius 3 is 1.50 bits per heavy atom. The molecule has 22 heavy (non-hydrogen) atoms. The highest BCUT2D eigenvalue weighted by Crippen LogP contribution is 2.11. The van der Waals surface area contributed by atoms with E-state index in [0.717, 1.165) is 0 Å². The van der Waals surface area contributed by atoms with E-state index in [-0.39, 0.29) is 5.75 Å². The van der Waals surface area contributed by atoms with Crippen molar-refractivity contribution in [2.24, 2.45) is 0 Å². The van der Waals surface area contributed by atoms with E-state index in [1.54, 1.807) is 6.92 Å². The first-order valence-corrected chi connectivity index (χ1v) is 10.7. The summed E-state index contributed by atoms with van der Waals surface area (Å²) in [7, 11) is -3.67. The minimum atomic E-state index is -3.67. The van der Waals surface area contributed by atoms with E-state index in [9.17, 15) is 8.42 Å². The lowest BCUT2D eigenvalue weighted by molar-refractivity contribution is -0.923. The van der Waals surface area contributed by atoms with Gasteiger partial charge in [-0.2, -0.15) is 8.42 Å². The van der Waals surface area contributed by atoms with Crippen molar-refractivity contribution >= 4 is 10.1 Å². The summed E-state index contributed by atoms with van der Waals surface area (Å²) in [5.74, 6) is -0.132. The molecule has 1 N–H and O–H groups in total. The third-order valence-electron chi connectivity index (χ3n) is 4.46. The third-order valence-corrected chi connectivity index (χ3v) is 5.38. The van der Waals surface area contributed by atoms with E-state index < -0.39 is 10.1 Å². The van der Waals surface area contributed by atoms with Crippen LogP contribution >= 0.6 is 0 Å². The van der Waals surface area contributed by atoms with Crippen LogP contribution in [0.1, 0.15) is 79.6 Å². The van der Waals surface area contributed by atoms with Gasteiger partial charge in [-0.25, -0.2) is 0 Å². The summed E-state index contributed by atoms with van der Waals surface area (Å²) in [4.78, 5) is 0. The van der Waals surface area contributed by atoms with Gasteiger partial charge in [-0.15, -0.1) is 0 Å². The highest BCUT2D eigenvalue weighted by molar-refractivity contribution is 7.85. The number of hydrogen-bond donors (Lipinski definition) is 1. The van der Waals surface area contributed by atoms with Crippen LogP contribution in [-0.2, 0) is 10.1 Å². The van der Waals surface area contributed by atoms with Gasteiger partial charge in [0.25, 0.3) is 10.1 Å². The van der Waals surface area contributed by atoms with Gasteiger partial charge < -0.3 is 4.48 Å². The van der Waals surface area contributed by atoms with Crippen LogP contribution in [0.5, 0.6) is 0 Å². The summed E-state index contributed by atoms with van der Waals surface area (Å²) >= 11 is 0. The number of unbranched alkanes of at least 4 members (excludes halogenated alkanes) is 5. The molecule has 0 aliphatic carbocycles. The maximum atomic E-state index is 9.79. The summed E-state index contributed by atoms with van der Waals surface area (Å²) in [6.45, 7) is 16.3. The Labute approximate surface area is 139 Å². The summed E-state index contributed by atoms with van der Waals surface area (Å²) in [6, 6.07) is 0. The van der Waals surface area contributed by atoms with Crippen LogP contribution in [0, 0.1) is 0 Å². The Morgan fingerprint density at radius 1 is 0.727 bits per heavy atom. The lowest BCUT2D eigenvalue weighted by Crippen LogP contribution is -2.48. The van der Waals surface area contributed by atoms with E-state index in [1.807, 2.05) is 0 Å². The van der Waals surface area contributed by atoms with Gasteiger partial charge in [0.2, 0.25) is 0 Å². The van der Waals surface area contributed by atoms with Gasteiger partial charge in [-0.05, 0) is 40.0 Å². The molecule has 4 nitrogen and oxygen atoms in total. The number of hydrogen-bond acceptors (Lipinski definition) is 2. The quantitative estimate of drug-likeness (QED) is 0.324. The second-order valence-corrected chi connectivity index (χ2v) is 7.64. The maximum absolute atomic E-state index is 9.79. The molecule has 0 aromatic rings. The van der Waals surface area contributed by atoms with Gasteiger partial charge in [0.15, 0.2) is 0 Å². The Hall–Kier alpha value is -0.130. The molecule has 0 rings (SSSR count). The molecular weight excluding hydrogens is 298 g/mol. The molecule has 0 radical (unpaired) electrons. The predicted molar refractivity (Wildman–Crippen MR) is 96.8 cm³/mol. The molecule has 136 valence electrons. The summed E-state index contributed by atoms with van der Waals surface area (Å²) in [6.07, 6.45) is 9.03. The molecule has 0 atom stereocenters. The molecule has 0 aliphatic heterocycles. The molecule has 0 amide bonds. The standard InChI is InChI=1S/C14H32N.C3H8O3S/c1-5-9-10-11-12-13-14-15(6-2,7-3)8-4;1-2-3-7(4,5)6/h5-14H2,1-4H3;2-3H2,1H3,(H,4,5,6)/q+1;. The van der Waals surface area contributed by atoms with Crippen molar-refractivity contribution in [3.05, 3.63) is 0 Å². The van der Waals surface area contributed by atoms with E-state index in [4.69, 9.17) is 4.55 Å². The normalized spacial score (nSPS) is 11.9. The topological polar surface area (TPSA) is 54.4 Å². The molecule has 0 unspecified atom stereocenters. The molecule has 0 aliphatic rings. The van der Waals surface area contributed by atoms with Gasteiger partial charge in [-0.1, -0.05) is 39.5 Å². The average Bonchev–Trinajstić information content (AvgIpc) is 2.47. The average molecular weight is 339 g/mol. The van der Waals surface area contributed by atoms with Gasteiger partial charge in [0, 0.05) is 0 Å². The molecule has 0 spiro atoms. The minimum Gasteiger partial charge on any atom is -0.324 e. The molecule has 0 saturated carbocycles. The molecule has 0 saturated heterocycles. The number of rotatable bonds is 12. The lowest BCUT2D eigenvalue weighted by Gasteiger charge is -2.35. The zero-order valence-corrected chi connectivity index (χ0v) is 16.4.